The van der Waals surface area contributed by atoms with Gasteiger partial charge < -0.3 is 14.7 Å². The topological polar surface area (TPSA) is 60.9 Å². The van der Waals surface area contributed by atoms with Gasteiger partial charge in [0.25, 0.3) is 5.91 Å². The predicted molar refractivity (Wildman–Crippen MR) is 89.3 cm³/mol. The van der Waals surface area contributed by atoms with E-state index in [2.05, 4.69) is 0 Å². The van der Waals surface area contributed by atoms with Gasteiger partial charge in [0.2, 0.25) is 11.8 Å². The van der Waals surface area contributed by atoms with Gasteiger partial charge in [-0.25, -0.2) is 0 Å². The Balaban J connectivity index is 1.58. The molecule has 0 saturated carbocycles. The largest absolute Gasteiger partial charge is 0.337 e. The molecule has 1 aromatic carbocycles. The fourth-order valence-electron chi connectivity index (χ4n) is 3.50. The first-order valence-corrected chi connectivity index (χ1v) is 8.48. The van der Waals surface area contributed by atoms with Crippen molar-refractivity contribution in [1.82, 2.24) is 14.7 Å². The van der Waals surface area contributed by atoms with Gasteiger partial charge in [0.15, 0.2) is 0 Å². The molecule has 2 saturated heterocycles. The average molecular weight is 329 g/mol. The number of carbonyl (C=O) groups excluding carboxylic acids is 3. The molecule has 6 heteroatoms. The maximum atomic E-state index is 12.7. The molecule has 3 amide bonds. The van der Waals surface area contributed by atoms with Crippen molar-refractivity contribution in [2.75, 3.05) is 32.7 Å². The molecule has 2 fully saturated rings. The number of amides is 3. The van der Waals surface area contributed by atoms with Crippen molar-refractivity contribution in [3.8, 4) is 0 Å². The first-order valence-electron chi connectivity index (χ1n) is 8.48. The average Bonchev–Trinajstić information content (AvgIpc) is 3.11. The van der Waals surface area contributed by atoms with Crippen molar-refractivity contribution in [2.45, 2.75) is 25.8 Å². The molecule has 0 radical (unpaired) electrons. The number of hydrogen-bond donors (Lipinski definition) is 0. The monoisotopic (exact) mass is 329 g/mol. The Kier molecular flexibility index (Phi) is 4.83. The Morgan fingerprint density at radius 1 is 0.917 bits per heavy atom. The fraction of sp³-hybridized carbons (Fsp3) is 0.500. The molecule has 128 valence electrons. The van der Waals surface area contributed by atoms with Gasteiger partial charge in [-0.3, -0.25) is 14.4 Å². The summed E-state index contributed by atoms with van der Waals surface area (Å²) in [5, 5.41) is 0. The SMILES string of the molecule is CC(=O)N1CCCC1C(=O)N1CCN(C(=O)c2ccccc2)CC1. The van der Waals surface area contributed by atoms with Crippen LogP contribution in [0, 0.1) is 0 Å². The maximum Gasteiger partial charge on any atom is 0.253 e. The van der Waals surface area contributed by atoms with E-state index < -0.39 is 0 Å². The molecule has 0 aromatic heterocycles. The second kappa shape index (κ2) is 7.03. The Morgan fingerprint density at radius 3 is 2.17 bits per heavy atom. The van der Waals surface area contributed by atoms with Crippen LogP contribution in [0.3, 0.4) is 0 Å². The number of piperazine rings is 1. The van der Waals surface area contributed by atoms with E-state index in [-0.39, 0.29) is 23.8 Å². The molecule has 24 heavy (non-hydrogen) atoms. The summed E-state index contributed by atoms with van der Waals surface area (Å²) in [6.45, 7) is 4.30. The molecule has 1 aromatic rings. The minimum atomic E-state index is -0.320. The van der Waals surface area contributed by atoms with Gasteiger partial charge in [-0.2, -0.15) is 0 Å². The zero-order chi connectivity index (χ0) is 17.1. The van der Waals surface area contributed by atoms with Crippen LogP contribution < -0.4 is 0 Å². The Bertz CT molecular complexity index is 624. The summed E-state index contributed by atoms with van der Waals surface area (Å²) in [6, 6.07) is 8.88. The molecule has 0 aliphatic carbocycles. The summed E-state index contributed by atoms with van der Waals surface area (Å²) in [6.07, 6.45) is 1.62. The lowest BCUT2D eigenvalue weighted by Gasteiger charge is -2.37. The highest BCUT2D eigenvalue weighted by Gasteiger charge is 2.36. The lowest BCUT2D eigenvalue weighted by Crippen LogP contribution is -2.55. The third-order valence-corrected chi connectivity index (χ3v) is 4.84. The van der Waals surface area contributed by atoms with Crippen molar-refractivity contribution in [3.63, 3.8) is 0 Å². The Labute approximate surface area is 142 Å². The molecular weight excluding hydrogens is 306 g/mol. The van der Waals surface area contributed by atoms with Crippen molar-refractivity contribution in [2.24, 2.45) is 0 Å². The molecular formula is C18H23N3O3. The van der Waals surface area contributed by atoms with Crippen molar-refractivity contribution in [3.05, 3.63) is 35.9 Å². The molecule has 1 unspecified atom stereocenters. The second-order valence-electron chi connectivity index (χ2n) is 6.35. The summed E-state index contributed by atoms with van der Waals surface area (Å²) in [4.78, 5) is 42.0. The van der Waals surface area contributed by atoms with Gasteiger partial charge >= 0.3 is 0 Å². The molecule has 0 N–H and O–H groups in total. The first kappa shape index (κ1) is 16.5. The number of likely N-dealkylation sites (tertiary alicyclic amines) is 1. The highest BCUT2D eigenvalue weighted by Crippen LogP contribution is 2.20. The fourth-order valence-corrected chi connectivity index (χ4v) is 3.50. The van der Waals surface area contributed by atoms with Gasteiger partial charge in [-0.05, 0) is 25.0 Å². The highest BCUT2D eigenvalue weighted by molar-refractivity contribution is 5.94. The zero-order valence-electron chi connectivity index (χ0n) is 14.0. The van der Waals surface area contributed by atoms with E-state index >= 15 is 0 Å². The third kappa shape index (κ3) is 3.27. The molecule has 2 heterocycles. The third-order valence-electron chi connectivity index (χ3n) is 4.84. The lowest BCUT2D eigenvalue weighted by molar-refractivity contribution is -0.143. The van der Waals surface area contributed by atoms with Crippen LogP contribution >= 0.6 is 0 Å². The normalized spacial score (nSPS) is 21.0. The van der Waals surface area contributed by atoms with Crippen LogP contribution in [-0.2, 0) is 9.59 Å². The number of carbonyl (C=O) groups is 3. The number of benzene rings is 1. The van der Waals surface area contributed by atoms with E-state index in [1.807, 2.05) is 30.3 Å². The van der Waals surface area contributed by atoms with E-state index in [4.69, 9.17) is 0 Å². The van der Waals surface area contributed by atoms with Crippen molar-refractivity contribution in [1.29, 1.82) is 0 Å². The van der Waals surface area contributed by atoms with Crippen LogP contribution in [0.4, 0.5) is 0 Å². The molecule has 3 rings (SSSR count). The number of rotatable bonds is 2. The first-order chi connectivity index (χ1) is 11.6. The smallest absolute Gasteiger partial charge is 0.253 e. The Hall–Kier alpha value is -2.37. The van der Waals surface area contributed by atoms with E-state index in [1.165, 1.54) is 6.92 Å². The van der Waals surface area contributed by atoms with E-state index in [1.54, 1.807) is 14.7 Å². The van der Waals surface area contributed by atoms with Gasteiger partial charge in [-0.1, -0.05) is 18.2 Å². The van der Waals surface area contributed by atoms with Crippen molar-refractivity contribution >= 4 is 17.7 Å². The Morgan fingerprint density at radius 2 is 1.54 bits per heavy atom. The van der Waals surface area contributed by atoms with E-state index in [0.717, 1.165) is 12.8 Å². The maximum absolute atomic E-state index is 12.7. The summed E-state index contributed by atoms with van der Waals surface area (Å²) < 4.78 is 0. The predicted octanol–water partition coefficient (Wildman–Crippen LogP) is 0.982. The van der Waals surface area contributed by atoms with Gasteiger partial charge in [0, 0.05) is 45.2 Å². The molecule has 2 aliphatic rings. The van der Waals surface area contributed by atoms with Gasteiger partial charge in [0.1, 0.15) is 6.04 Å². The summed E-state index contributed by atoms with van der Waals surface area (Å²) in [7, 11) is 0. The van der Waals surface area contributed by atoms with Crippen LogP contribution in [0.25, 0.3) is 0 Å². The molecule has 2 aliphatic heterocycles. The number of nitrogens with zero attached hydrogens (tertiary/aromatic N) is 3. The van der Waals surface area contributed by atoms with E-state index in [0.29, 0.717) is 38.3 Å². The molecule has 1 atom stereocenters. The summed E-state index contributed by atoms with van der Waals surface area (Å²) >= 11 is 0. The molecule has 0 bridgehead atoms. The lowest BCUT2D eigenvalue weighted by atomic mass is 10.1. The number of hydrogen-bond acceptors (Lipinski definition) is 3. The zero-order valence-corrected chi connectivity index (χ0v) is 14.0. The minimum absolute atomic E-state index is 0.00827. The van der Waals surface area contributed by atoms with Gasteiger partial charge in [0.05, 0.1) is 0 Å². The van der Waals surface area contributed by atoms with Crippen LogP contribution in [0.5, 0.6) is 0 Å². The standard InChI is InChI=1S/C18H23N3O3/c1-14(22)21-9-5-8-16(21)18(24)20-12-10-19(11-13-20)17(23)15-6-3-2-4-7-15/h2-4,6-7,16H,5,8-13H2,1H3. The van der Waals surface area contributed by atoms with E-state index in [9.17, 15) is 14.4 Å². The highest BCUT2D eigenvalue weighted by atomic mass is 16.2. The molecule has 0 spiro atoms. The van der Waals surface area contributed by atoms with Crippen molar-refractivity contribution < 1.29 is 14.4 Å². The van der Waals surface area contributed by atoms with Crippen LogP contribution in [0.15, 0.2) is 30.3 Å². The second-order valence-corrected chi connectivity index (χ2v) is 6.35. The summed E-state index contributed by atoms with van der Waals surface area (Å²) in [5.74, 6) is -0.00724. The van der Waals surface area contributed by atoms with Crippen LogP contribution in [0.1, 0.15) is 30.1 Å². The quantitative estimate of drug-likeness (QED) is 0.813. The minimum Gasteiger partial charge on any atom is -0.337 e. The van der Waals surface area contributed by atoms with Crippen LogP contribution in [0.2, 0.25) is 0 Å². The van der Waals surface area contributed by atoms with Crippen LogP contribution in [-0.4, -0.2) is 71.2 Å². The summed E-state index contributed by atoms with van der Waals surface area (Å²) in [5.41, 5.74) is 0.677. The molecule has 6 nitrogen and oxygen atoms in total. The van der Waals surface area contributed by atoms with Gasteiger partial charge in [-0.15, -0.1) is 0 Å².